The summed E-state index contributed by atoms with van der Waals surface area (Å²) >= 11 is 0. The molecule has 0 saturated carbocycles. The quantitative estimate of drug-likeness (QED) is 0.412. The van der Waals surface area contributed by atoms with Crippen molar-refractivity contribution in [3.63, 3.8) is 0 Å². The molecule has 1 aliphatic rings. The first-order valence-electron chi connectivity index (χ1n) is 3.26. The molecule has 0 bridgehead atoms. The van der Waals surface area contributed by atoms with Crippen LogP contribution in [0.2, 0.25) is 0 Å². The van der Waals surface area contributed by atoms with Crippen LogP contribution in [0.5, 0.6) is 0 Å². The molecule has 1 fully saturated rings. The van der Waals surface area contributed by atoms with Gasteiger partial charge in [0.2, 0.25) is 0 Å². The number of hydrogen-bond acceptors (Lipinski definition) is 0. The van der Waals surface area contributed by atoms with Gasteiger partial charge in [0, 0.05) is 45.8 Å². The van der Waals surface area contributed by atoms with E-state index in [9.17, 15) is 0 Å². The average molecular weight is 201 g/mol. The maximum absolute atomic E-state index is 3.96. The summed E-state index contributed by atoms with van der Waals surface area (Å²) < 4.78 is 0.750. The SMILES string of the molecule is [CH2-][N+]1([CH2-])CCCCC1.[Y]. The smallest absolute Gasteiger partial charge is 0.0311 e. The zero-order chi connectivity index (χ0) is 6.04. The summed E-state index contributed by atoms with van der Waals surface area (Å²) in [6.45, 7) is 2.33. The molecule has 0 unspecified atom stereocenters. The Balaban J connectivity index is 0.000000640. The molecule has 1 rings (SSSR count). The number of likely N-dealkylation sites (tertiary alicyclic amines) is 1. The van der Waals surface area contributed by atoms with E-state index in [-0.39, 0.29) is 32.7 Å². The zero-order valence-corrected chi connectivity index (χ0v) is 8.81. The van der Waals surface area contributed by atoms with Crippen molar-refractivity contribution >= 4 is 0 Å². The molecular weight excluding hydrogens is 187 g/mol. The van der Waals surface area contributed by atoms with Gasteiger partial charge in [0.05, 0.1) is 0 Å². The minimum Gasteiger partial charge on any atom is -0.595 e. The van der Waals surface area contributed by atoms with Crippen molar-refractivity contribution < 1.29 is 37.2 Å². The first-order valence-corrected chi connectivity index (χ1v) is 3.26. The molecule has 1 aliphatic heterocycles. The van der Waals surface area contributed by atoms with Crippen molar-refractivity contribution in [2.24, 2.45) is 0 Å². The number of nitrogens with zero attached hydrogens (tertiary/aromatic N) is 1. The molecule has 0 aromatic rings. The molecule has 0 aromatic heterocycles. The van der Waals surface area contributed by atoms with Gasteiger partial charge in [-0.2, -0.15) is 14.1 Å². The maximum atomic E-state index is 3.96. The second-order valence-electron chi connectivity index (χ2n) is 2.85. The molecule has 0 N–H and O–H groups in total. The Morgan fingerprint density at radius 1 is 0.889 bits per heavy atom. The second kappa shape index (κ2) is 4.05. The Hall–Kier alpha value is 1.06. The summed E-state index contributed by atoms with van der Waals surface area (Å²) in [7, 11) is 7.91. The molecule has 1 heterocycles. The third kappa shape index (κ3) is 3.69. The minimum atomic E-state index is 0. The molecule has 0 aromatic carbocycles. The van der Waals surface area contributed by atoms with Crippen LogP contribution in [0.1, 0.15) is 19.3 Å². The Labute approximate surface area is 83.3 Å². The molecule has 1 saturated heterocycles. The van der Waals surface area contributed by atoms with Crippen LogP contribution in [-0.2, 0) is 32.7 Å². The van der Waals surface area contributed by atoms with E-state index in [1.807, 2.05) is 0 Å². The number of hydrogen-bond donors (Lipinski definition) is 0. The predicted octanol–water partition coefficient (Wildman–Crippen LogP) is 1.57. The largest absolute Gasteiger partial charge is 0.595 e. The molecular formula is C7H14NY-. The van der Waals surface area contributed by atoms with E-state index in [4.69, 9.17) is 0 Å². The van der Waals surface area contributed by atoms with Gasteiger partial charge >= 0.3 is 0 Å². The second-order valence-corrected chi connectivity index (χ2v) is 2.85. The van der Waals surface area contributed by atoms with Crippen molar-refractivity contribution in [2.45, 2.75) is 19.3 Å². The van der Waals surface area contributed by atoms with Gasteiger partial charge in [0.15, 0.2) is 0 Å². The van der Waals surface area contributed by atoms with Crippen LogP contribution in [0.15, 0.2) is 0 Å². The fraction of sp³-hybridized carbons (Fsp3) is 0.714. The predicted molar refractivity (Wildman–Crippen MR) is 34.6 cm³/mol. The van der Waals surface area contributed by atoms with Crippen molar-refractivity contribution in [2.75, 3.05) is 13.1 Å². The average Bonchev–Trinajstić information content (AvgIpc) is 1.65. The molecule has 0 amide bonds. The summed E-state index contributed by atoms with van der Waals surface area (Å²) in [4.78, 5) is 0. The molecule has 51 valence electrons. The van der Waals surface area contributed by atoms with Crippen LogP contribution in [0.3, 0.4) is 0 Å². The van der Waals surface area contributed by atoms with Gasteiger partial charge in [0.1, 0.15) is 0 Å². The first-order chi connectivity index (χ1) is 3.71. The maximum Gasteiger partial charge on any atom is 0.0311 e. The van der Waals surface area contributed by atoms with E-state index in [1.165, 1.54) is 32.4 Å². The van der Waals surface area contributed by atoms with Crippen LogP contribution >= 0.6 is 0 Å². The molecule has 0 spiro atoms. The summed E-state index contributed by atoms with van der Waals surface area (Å²) in [5, 5.41) is 0. The van der Waals surface area contributed by atoms with Crippen molar-refractivity contribution in [3.05, 3.63) is 14.1 Å². The van der Waals surface area contributed by atoms with E-state index in [1.54, 1.807) is 0 Å². The number of piperidine rings is 1. The van der Waals surface area contributed by atoms with Crippen LogP contribution in [0, 0.1) is 14.1 Å². The summed E-state index contributed by atoms with van der Waals surface area (Å²) in [5.74, 6) is 0. The van der Waals surface area contributed by atoms with Crippen molar-refractivity contribution in [1.82, 2.24) is 0 Å². The van der Waals surface area contributed by atoms with E-state index >= 15 is 0 Å². The Morgan fingerprint density at radius 2 is 1.33 bits per heavy atom. The van der Waals surface area contributed by atoms with Gasteiger partial charge in [0.25, 0.3) is 0 Å². The minimum absolute atomic E-state index is 0. The van der Waals surface area contributed by atoms with Crippen LogP contribution < -0.4 is 0 Å². The Bertz CT molecular complexity index is 73.0. The molecule has 2 heteroatoms. The van der Waals surface area contributed by atoms with Crippen molar-refractivity contribution in [1.29, 1.82) is 0 Å². The van der Waals surface area contributed by atoms with Gasteiger partial charge in [-0.05, 0) is 19.3 Å². The van der Waals surface area contributed by atoms with E-state index in [2.05, 4.69) is 14.1 Å². The summed E-state index contributed by atoms with van der Waals surface area (Å²) in [6, 6.07) is 0. The van der Waals surface area contributed by atoms with Gasteiger partial charge in [-0.15, -0.1) is 0 Å². The van der Waals surface area contributed by atoms with E-state index in [0.717, 1.165) is 4.48 Å². The zero-order valence-electron chi connectivity index (χ0n) is 5.97. The summed E-state index contributed by atoms with van der Waals surface area (Å²) in [6.07, 6.45) is 4.00. The first kappa shape index (κ1) is 10.1. The van der Waals surface area contributed by atoms with Crippen LogP contribution in [0.25, 0.3) is 0 Å². The fourth-order valence-corrected chi connectivity index (χ4v) is 1.18. The Kier molecular flexibility index (Phi) is 4.53. The molecule has 1 nitrogen and oxygen atoms in total. The summed E-state index contributed by atoms with van der Waals surface area (Å²) in [5.41, 5.74) is 0. The molecule has 9 heavy (non-hydrogen) atoms. The Morgan fingerprint density at radius 3 is 1.56 bits per heavy atom. The monoisotopic (exact) mass is 201 g/mol. The van der Waals surface area contributed by atoms with Crippen molar-refractivity contribution in [3.8, 4) is 0 Å². The number of rotatable bonds is 0. The molecule has 0 atom stereocenters. The van der Waals surface area contributed by atoms with Crippen LogP contribution in [0.4, 0.5) is 0 Å². The van der Waals surface area contributed by atoms with Gasteiger partial charge in [-0.1, -0.05) is 0 Å². The molecule has 0 aliphatic carbocycles. The fourth-order valence-electron chi connectivity index (χ4n) is 1.18. The van der Waals surface area contributed by atoms with Gasteiger partial charge in [-0.3, -0.25) is 0 Å². The third-order valence-corrected chi connectivity index (χ3v) is 1.76. The normalized spacial score (nSPS) is 24.7. The molecule has 1 radical (unpaired) electrons. The van der Waals surface area contributed by atoms with E-state index in [0.29, 0.717) is 0 Å². The van der Waals surface area contributed by atoms with Gasteiger partial charge < -0.3 is 4.48 Å². The van der Waals surface area contributed by atoms with E-state index < -0.39 is 0 Å². The standard InChI is InChI=1S/C7H14N.Y/c1-8(2)6-4-3-5-7-8;/h1-7H2;/q-1;. The topological polar surface area (TPSA) is 0 Å². The van der Waals surface area contributed by atoms with Crippen LogP contribution in [-0.4, -0.2) is 17.6 Å². The third-order valence-electron chi connectivity index (χ3n) is 1.76. The number of quaternary nitrogens is 1. The van der Waals surface area contributed by atoms with Gasteiger partial charge in [-0.25, -0.2) is 0 Å².